The van der Waals surface area contributed by atoms with Crippen LogP contribution < -0.4 is 0 Å². The molecule has 0 saturated heterocycles. The van der Waals surface area contributed by atoms with Crippen molar-refractivity contribution in [2.45, 2.75) is 32.0 Å². The van der Waals surface area contributed by atoms with E-state index >= 15 is 0 Å². The summed E-state index contributed by atoms with van der Waals surface area (Å²) in [6.45, 7) is 2.84. The van der Waals surface area contributed by atoms with Gasteiger partial charge in [-0.05, 0) is 59.4 Å². The van der Waals surface area contributed by atoms with Crippen LogP contribution in [0.5, 0.6) is 0 Å². The minimum Gasteiger partial charge on any atom is -0.370 e. The molecule has 0 radical (unpaired) electrons. The number of rotatable bonds is 8. The molecule has 0 aliphatic heterocycles. The summed E-state index contributed by atoms with van der Waals surface area (Å²) in [7, 11) is -4.00. The van der Waals surface area contributed by atoms with Crippen molar-refractivity contribution in [1.82, 2.24) is 0 Å². The molecule has 152 valence electrons. The maximum atomic E-state index is 11.0. The van der Waals surface area contributed by atoms with E-state index in [4.69, 9.17) is 14.0 Å². The highest BCUT2D eigenvalue weighted by molar-refractivity contribution is 9.10. The molecule has 8 heteroatoms. The summed E-state index contributed by atoms with van der Waals surface area (Å²) in [5.41, 5.74) is 4.21. The molecule has 2 unspecified atom stereocenters. The smallest absolute Gasteiger partial charge is 0.264 e. The number of fused-ring (bicyclic) bond motifs is 3. The third-order valence-electron chi connectivity index (χ3n) is 4.55. The van der Waals surface area contributed by atoms with Crippen LogP contribution in [0, 0.1) is 0 Å². The van der Waals surface area contributed by atoms with E-state index in [0.29, 0.717) is 6.61 Å². The number of halogens is 2. The lowest BCUT2D eigenvalue weighted by molar-refractivity contribution is -0.0790. The van der Waals surface area contributed by atoms with Crippen molar-refractivity contribution in [2.75, 3.05) is 19.0 Å². The van der Waals surface area contributed by atoms with Gasteiger partial charge in [0.05, 0.1) is 5.75 Å². The van der Waals surface area contributed by atoms with Crippen molar-refractivity contribution in [3.8, 4) is 11.1 Å². The minimum absolute atomic E-state index is 0.200. The average Bonchev–Trinajstić information content (AvgIpc) is 2.63. The van der Waals surface area contributed by atoms with Crippen molar-refractivity contribution < 1.29 is 22.4 Å². The van der Waals surface area contributed by atoms with Crippen LogP contribution >= 0.6 is 31.9 Å². The number of hydrogen-bond donors (Lipinski definition) is 1. The largest absolute Gasteiger partial charge is 0.370 e. The molecule has 0 aromatic heterocycles. The van der Waals surface area contributed by atoms with E-state index in [9.17, 15) is 8.42 Å². The normalized spacial score (nSPS) is 18.6. The van der Waals surface area contributed by atoms with Crippen LogP contribution in [0.4, 0.5) is 0 Å². The maximum Gasteiger partial charge on any atom is 0.264 e. The van der Waals surface area contributed by atoms with Gasteiger partial charge in [-0.15, -0.1) is 0 Å². The van der Waals surface area contributed by atoms with E-state index < -0.39 is 10.1 Å². The van der Waals surface area contributed by atoms with Crippen molar-refractivity contribution in [1.29, 1.82) is 0 Å². The Labute approximate surface area is 182 Å². The lowest BCUT2D eigenvalue weighted by Gasteiger charge is -2.35. The van der Waals surface area contributed by atoms with Gasteiger partial charge in [0.25, 0.3) is 10.1 Å². The van der Waals surface area contributed by atoms with Gasteiger partial charge in [-0.3, -0.25) is 4.55 Å². The third kappa shape index (κ3) is 5.23. The predicted octanol–water partition coefficient (Wildman–Crippen LogP) is 5.70. The van der Waals surface area contributed by atoms with Crippen LogP contribution in [0.1, 0.15) is 43.1 Å². The van der Waals surface area contributed by atoms with Gasteiger partial charge in [0.15, 0.2) is 0 Å². The first-order valence-electron chi connectivity index (χ1n) is 9.08. The molecule has 28 heavy (non-hydrogen) atoms. The first-order chi connectivity index (χ1) is 13.3. The van der Waals surface area contributed by atoms with Gasteiger partial charge >= 0.3 is 0 Å². The monoisotopic (exact) mass is 532 g/mol. The Morgan fingerprint density at radius 1 is 0.929 bits per heavy atom. The number of hydrogen-bond acceptors (Lipinski definition) is 4. The van der Waals surface area contributed by atoms with E-state index in [1.54, 1.807) is 0 Å². The molecule has 3 rings (SSSR count). The third-order valence-corrected chi connectivity index (χ3v) is 6.34. The summed E-state index contributed by atoms with van der Waals surface area (Å²) in [6, 6.07) is 12.2. The minimum atomic E-state index is -4.00. The summed E-state index contributed by atoms with van der Waals surface area (Å²) in [4.78, 5) is 0. The van der Waals surface area contributed by atoms with E-state index in [1.807, 2.05) is 18.2 Å². The molecule has 1 aliphatic carbocycles. The zero-order valence-corrected chi connectivity index (χ0v) is 19.4. The van der Waals surface area contributed by atoms with Gasteiger partial charge < -0.3 is 9.47 Å². The molecular weight excluding hydrogens is 512 g/mol. The van der Waals surface area contributed by atoms with Crippen LogP contribution in [0.15, 0.2) is 45.3 Å². The molecule has 5 nitrogen and oxygen atoms in total. The highest BCUT2D eigenvalue weighted by Crippen LogP contribution is 2.49. The summed E-state index contributed by atoms with van der Waals surface area (Å²) < 4.78 is 45.2. The standard InChI is InChI=1S/C20H22Br2O5S/c1-2-8-26-19-17-11-13(21)4-6-15(17)16-7-5-14(22)12-18(16)20(19)27-9-3-10-28(23,24)25/h4-7,11-12,19-20H,2-3,8-10H2,1H3,(H,23,24,25). The van der Waals surface area contributed by atoms with Gasteiger partial charge in [0.1, 0.15) is 12.2 Å². The summed E-state index contributed by atoms with van der Waals surface area (Å²) >= 11 is 7.08. The van der Waals surface area contributed by atoms with Gasteiger partial charge in [-0.2, -0.15) is 8.42 Å². The molecule has 0 spiro atoms. The van der Waals surface area contributed by atoms with Gasteiger partial charge in [-0.25, -0.2) is 0 Å². The van der Waals surface area contributed by atoms with Crippen molar-refractivity contribution >= 4 is 42.0 Å². The quantitative estimate of drug-likeness (QED) is 0.348. The van der Waals surface area contributed by atoms with Gasteiger partial charge in [-0.1, -0.05) is 50.9 Å². The summed E-state index contributed by atoms with van der Waals surface area (Å²) in [6.07, 6.45) is 0.410. The summed E-state index contributed by atoms with van der Waals surface area (Å²) in [5.74, 6) is -0.326. The Balaban J connectivity index is 1.98. The SMILES string of the molecule is CCCOC1c2cc(Br)ccc2-c2ccc(Br)cc2C1OCCCS(=O)(=O)O. The molecular formula is C20H22Br2O5S. The van der Waals surface area contributed by atoms with E-state index in [1.165, 1.54) is 0 Å². The van der Waals surface area contributed by atoms with Crippen LogP contribution in [-0.2, 0) is 19.6 Å². The van der Waals surface area contributed by atoms with E-state index in [-0.39, 0.29) is 31.0 Å². The molecule has 1 N–H and O–H groups in total. The highest BCUT2D eigenvalue weighted by Gasteiger charge is 2.35. The fourth-order valence-corrected chi connectivity index (χ4v) is 4.65. The van der Waals surface area contributed by atoms with Gasteiger partial charge in [0, 0.05) is 22.2 Å². The van der Waals surface area contributed by atoms with Crippen molar-refractivity contribution in [2.24, 2.45) is 0 Å². The fourth-order valence-electron chi connectivity index (χ4n) is 3.41. The van der Waals surface area contributed by atoms with Crippen molar-refractivity contribution in [3.63, 3.8) is 0 Å². The Hall–Kier alpha value is -0.770. The molecule has 0 bridgehead atoms. The predicted molar refractivity (Wildman–Crippen MR) is 116 cm³/mol. The van der Waals surface area contributed by atoms with Crippen LogP contribution in [0.2, 0.25) is 0 Å². The molecule has 2 atom stereocenters. The fraction of sp³-hybridized carbons (Fsp3) is 0.400. The second-order valence-electron chi connectivity index (χ2n) is 6.69. The average molecular weight is 534 g/mol. The second-order valence-corrected chi connectivity index (χ2v) is 10.1. The molecule has 0 fully saturated rings. The zero-order chi connectivity index (χ0) is 20.3. The molecule has 2 aromatic carbocycles. The first-order valence-corrected chi connectivity index (χ1v) is 12.3. The zero-order valence-electron chi connectivity index (χ0n) is 15.4. The van der Waals surface area contributed by atoms with Crippen molar-refractivity contribution in [3.05, 3.63) is 56.5 Å². The van der Waals surface area contributed by atoms with Crippen LogP contribution in [0.25, 0.3) is 11.1 Å². The number of benzene rings is 2. The van der Waals surface area contributed by atoms with E-state index in [0.717, 1.165) is 37.6 Å². The summed E-state index contributed by atoms with van der Waals surface area (Å²) in [5, 5.41) is 0. The Morgan fingerprint density at radius 3 is 1.89 bits per heavy atom. The lowest BCUT2D eigenvalue weighted by Crippen LogP contribution is -2.24. The highest BCUT2D eigenvalue weighted by atomic mass is 79.9. The van der Waals surface area contributed by atoms with E-state index in [2.05, 4.69) is 57.0 Å². The first kappa shape index (κ1) is 21.9. The molecule has 0 saturated carbocycles. The Bertz CT molecular complexity index is 946. The molecule has 1 aliphatic rings. The van der Waals surface area contributed by atoms with Gasteiger partial charge in [0.2, 0.25) is 0 Å². The maximum absolute atomic E-state index is 11.0. The lowest BCUT2D eigenvalue weighted by atomic mass is 9.82. The number of ether oxygens (including phenoxy) is 2. The molecule has 0 heterocycles. The Morgan fingerprint density at radius 2 is 1.43 bits per heavy atom. The van der Waals surface area contributed by atoms with Crippen LogP contribution in [-0.4, -0.2) is 31.9 Å². The topological polar surface area (TPSA) is 72.8 Å². The molecule has 2 aromatic rings. The Kier molecular flexibility index (Phi) is 7.33. The van der Waals surface area contributed by atoms with Crippen LogP contribution in [0.3, 0.4) is 0 Å². The second kappa shape index (κ2) is 9.36. The molecule has 0 amide bonds.